The summed E-state index contributed by atoms with van der Waals surface area (Å²) in [7, 11) is 0. The van der Waals surface area contributed by atoms with Crippen molar-refractivity contribution in [1.29, 1.82) is 0 Å². The van der Waals surface area contributed by atoms with E-state index in [0.29, 0.717) is 18.2 Å². The summed E-state index contributed by atoms with van der Waals surface area (Å²) in [6.07, 6.45) is 5.78. The maximum absolute atomic E-state index is 13.0. The molecule has 92 valence electrons. The number of carbonyl (C=O) groups is 1. The first-order valence-electron chi connectivity index (χ1n) is 5.70. The molecular formula is C12H14BrFN2O. The molecule has 5 heteroatoms. The van der Waals surface area contributed by atoms with Gasteiger partial charge in [0.2, 0.25) is 0 Å². The first-order chi connectivity index (χ1) is 8.22. The van der Waals surface area contributed by atoms with Crippen LogP contribution < -0.4 is 0 Å². The largest absolute Gasteiger partial charge is 0.335 e. The van der Waals surface area contributed by atoms with E-state index in [-0.39, 0.29) is 5.91 Å². The van der Waals surface area contributed by atoms with Gasteiger partial charge in [0, 0.05) is 24.1 Å². The highest BCUT2D eigenvalue weighted by Crippen LogP contribution is 2.26. The molecule has 0 N–H and O–H groups in total. The van der Waals surface area contributed by atoms with Crippen LogP contribution in [-0.4, -0.2) is 33.7 Å². The summed E-state index contributed by atoms with van der Waals surface area (Å²) < 4.78 is 13.0. The minimum atomic E-state index is -0.469. The Morgan fingerprint density at radius 1 is 1.53 bits per heavy atom. The first kappa shape index (κ1) is 12.5. The van der Waals surface area contributed by atoms with Gasteiger partial charge in [-0.25, -0.2) is 4.39 Å². The number of rotatable bonds is 4. The molecule has 1 aromatic heterocycles. The minimum absolute atomic E-state index is 0.124. The predicted octanol–water partition coefficient (Wildman–Crippen LogP) is 2.61. The van der Waals surface area contributed by atoms with E-state index >= 15 is 0 Å². The number of hydrogen-bond donors (Lipinski definition) is 0. The van der Waals surface area contributed by atoms with Gasteiger partial charge < -0.3 is 4.90 Å². The molecule has 0 aromatic carbocycles. The molecule has 3 nitrogen and oxygen atoms in total. The molecule has 1 saturated carbocycles. The van der Waals surface area contributed by atoms with E-state index < -0.39 is 5.82 Å². The van der Waals surface area contributed by atoms with E-state index in [0.717, 1.165) is 30.8 Å². The average molecular weight is 301 g/mol. The Labute approximate surface area is 108 Å². The van der Waals surface area contributed by atoms with Crippen LogP contribution in [0.2, 0.25) is 0 Å². The normalized spacial score (nSPS) is 15.4. The van der Waals surface area contributed by atoms with Crippen LogP contribution >= 0.6 is 15.9 Å². The lowest BCUT2D eigenvalue weighted by Crippen LogP contribution is -2.45. The van der Waals surface area contributed by atoms with Crippen LogP contribution in [0.3, 0.4) is 0 Å². The van der Waals surface area contributed by atoms with Crippen molar-refractivity contribution in [2.24, 2.45) is 0 Å². The summed E-state index contributed by atoms with van der Waals surface area (Å²) in [5, 5.41) is 0.734. The highest BCUT2D eigenvalue weighted by Gasteiger charge is 2.29. The third kappa shape index (κ3) is 2.83. The molecule has 1 aliphatic carbocycles. The van der Waals surface area contributed by atoms with E-state index in [4.69, 9.17) is 0 Å². The van der Waals surface area contributed by atoms with Gasteiger partial charge in [0.05, 0.1) is 11.8 Å². The zero-order valence-electron chi connectivity index (χ0n) is 9.40. The number of pyridine rings is 1. The molecule has 1 aromatic rings. The maximum Gasteiger partial charge on any atom is 0.255 e. The molecule has 17 heavy (non-hydrogen) atoms. The molecule has 1 amide bonds. The molecular weight excluding hydrogens is 287 g/mol. The zero-order chi connectivity index (χ0) is 12.3. The summed E-state index contributed by atoms with van der Waals surface area (Å²) in [5.74, 6) is -0.593. The quantitative estimate of drug-likeness (QED) is 0.801. The van der Waals surface area contributed by atoms with E-state index in [1.165, 1.54) is 12.3 Å². The summed E-state index contributed by atoms with van der Waals surface area (Å²) in [5.41, 5.74) is 0.331. The van der Waals surface area contributed by atoms with Crippen molar-refractivity contribution in [3.63, 3.8) is 0 Å². The van der Waals surface area contributed by atoms with Crippen molar-refractivity contribution in [3.8, 4) is 0 Å². The van der Waals surface area contributed by atoms with Crippen molar-refractivity contribution >= 4 is 21.8 Å². The van der Waals surface area contributed by atoms with Crippen LogP contribution in [0.1, 0.15) is 29.6 Å². The molecule has 1 aliphatic rings. The molecule has 0 aliphatic heterocycles. The number of alkyl halides is 1. The summed E-state index contributed by atoms with van der Waals surface area (Å²) in [6, 6.07) is 1.55. The fourth-order valence-electron chi connectivity index (χ4n) is 1.93. The highest BCUT2D eigenvalue weighted by atomic mass is 79.9. The van der Waals surface area contributed by atoms with E-state index in [2.05, 4.69) is 20.9 Å². The summed E-state index contributed by atoms with van der Waals surface area (Å²) in [6.45, 7) is 0.653. The van der Waals surface area contributed by atoms with Crippen molar-refractivity contribution in [3.05, 3.63) is 29.8 Å². The number of carbonyl (C=O) groups excluding carboxylic acids is 1. The minimum Gasteiger partial charge on any atom is -0.335 e. The number of halogens is 2. The molecule has 0 bridgehead atoms. The zero-order valence-corrected chi connectivity index (χ0v) is 11.0. The molecule has 1 fully saturated rings. The second kappa shape index (κ2) is 5.58. The molecule has 0 spiro atoms. The number of nitrogens with zero attached hydrogens (tertiary/aromatic N) is 2. The van der Waals surface area contributed by atoms with Gasteiger partial charge in [0.15, 0.2) is 0 Å². The van der Waals surface area contributed by atoms with Crippen LogP contribution in [-0.2, 0) is 0 Å². The molecule has 2 rings (SSSR count). The Kier molecular flexibility index (Phi) is 4.10. The predicted molar refractivity (Wildman–Crippen MR) is 66.7 cm³/mol. The van der Waals surface area contributed by atoms with E-state index in [1.807, 2.05) is 4.90 Å². The van der Waals surface area contributed by atoms with E-state index in [1.54, 1.807) is 0 Å². The van der Waals surface area contributed by atoms with Crippen LogP contribution in [0.4, 0.5) is 4.39 Å². The van der Waals surface area contributed by atoms with Crippen LogP contribution in [0.15, 0.2) is 18.5 Å². The summed E-state index contributed by atoms with van der Waals surface area (Å²) >= 11 is 3.34. The lowest BCUT2D eigenvalue weighted by Gasteiger charge is -2.37. The third-order valence-corrected chi connectivity index (χ3v) is 3.41. The molecule has 0 atom stereocenters. The molecule has 0 radical (unpaired) electrons. The van der Waals surface area contributed by atoms with Gasteiger partial charge in [-0.05, 0) is 25.3 Å². The van der Waals surface area contributed by atoms with Gasteiger partial charge in [-0.2, -0.15) is 0 Å². The number of hydrogen-bond acceptors (Lipinski definition) is 2. The molecule has 0 unspecified atom stereocenters. The molecule has 1 heterocycles. The Hall–Kier alpha value is -0.970. The van der Waals surface area contributed by atoms with Crippen LogP contribution in [0, 0.1) is 5.82 Å². The lowest BCUT2D eigenvalue weighted by atomic mass is 9.91. The second-order valence-electron chi connectivity index (χ2n) is 4.16. The van der Waals surface area contributed by atoms with Crippen molar-refractivity contribution in [1.82, 2.24) is 9.88 Å². The highest BCUT2D eigenvalue weighted by molar-refractivity contribution is 9.09. The summed E-state index contributed by atoms with van der Waals surface area (Å²) in [4.78, 5) is 17.8. The topological polar surface area (TPSA) is 33.2 Å². The smallest absolute Gasteiger partial charge is 0.255 e. The van der Waals surface area contributed by atoms with Crippen molar-refractivity contribution in [2.75, 3.05) is 11.9 Å². The Balaban J connectivity index is 2.15. The van der Waals surface area contributed by atoms with Gasteiger partial charge in [0.25, 0.3) is 5.91 Å². The standard InChI is InChI=1S/C12H14BrFN2O/c13-4-5-16(11-2-1-3-11)12(17)9-6-10(14)8-15-7-9/h6-8,11H,1-5H2. The Bertz CT molecular complexity index is 409. The maximum atomic E-state index is 13.0. The van der Waals surface area contributed by atoms with Crippen molar-refractivity contribution < 1.29 is 9.18 Å². The van der Waals surface area contributed by atoms with Gasteiger partial charge in [-0.1, -0.05) is 15.9 Å². The van der Waals surface area contributed by atoms with Gasteiger partial charge >= 0.3 is 0 Å². The van der Waals surface area contributed by atoms with E-state index in [9.17, 15) is 9.18 Å². The van der Waals surface area contributed by atoms with Crippen LogP contribution in [0.5, 0.6) is 0 Å². The lowest BCUT2D eigenvalue weighted by molar-refractivity contribution is 0.0598. The fourth-order valence-corrected chi connectivity index (χ4v) is 2.32. The van der Waals surface area contributed by atoms with Crippen molar-refractivity contribution in [2.45, 2.75) is 25.3 Å². The fraction of sp³-hybridized carbons (Fsp3) is 0.500. The average Bonchev–Trinajstić information content (AvgIpc) is 2.25. The number of aromatic nitrogens is 1. The van der Waals surface area contributed by atoms with Gasteiger partial charge in [-0.3, -0.25) is 9.78 Å². The monoisotopic (exact) mass is 300 g/mol. The third-order valence-electron chi connectivity index (χ3n) is 3.05. The van der Waals surface area contributed by atoms with Gasteiger partial charge in [0.1, 0.15) is 5.82 Å². The van der Waals surface area contributed by atoms with Gasteiger partial charge in [-0.15, -0.1) is 0 Å². The number of amides is 1. The Morgan fingerprint density at radius 3 is 2.82 bits per heavy atom. The second-order valence-corrected chi connectivity index (χ2v) is 4.96. The SMILES string of the molecule is O=C(c1cncc(F)c1)N(CCBr)C1CCC1. The first-order valence-corrected chi connectivity index (χ1v) is 6.82. The Morgan fingerprint density at radius 2 is 2.29 bits per heavy atom. The molecule has 0 saturated heterocycles. The van der Waals surface area contributed by atoms with Crippen LogP contribution in [0.25, 0.3) is 0 Å².